The molecular weight excluding hydrogens is 208 g/mol. The number of likely N-dealkylation sites (tertiary alicyclic amines) is 1. The van der Waals surface area contributed by atoms with Crippen LogP contribution in [0, 0.1) is 11.3 Å². The van der Waals surface area contributed by atoms with Gasteiger partial charge in [-0.25, -0.2) is 0 Å². The lowest BCUT2D eigenvalue weighted by Crippen LogP contribution is -2.49. The first-order chi connectivity index (χ1) is 7.97. The van der Waals surface area contributed by atoms with E-state index in [4.69, 9.17) is 0 Å². The van der Waals surface area contributed by atoms with Gasteiger partial charge in [0, 0.05) is 25.2 Å². The molecule has 1 saturated carbocycles. The van der Waals surface area contributed by atoms with Crippen LogP contribution in [0.2, 0.25) is 0 Å². The molecule has 0 amide bonds. The lowest BCUT2D eigenvalue weighted by molar-refractivity contribution is 0.103. The van der Waals surface area contributed by atoms with E-state index >= 15 is 0 Å². The highest BCUT2D eigenvalue weighted by molar-refractivity contribution is 4.89. The predicted molar refractivity (Wildman–Crippen MR) is 74.2 cm³/mol. The van der Waals surface area contributed by atoms with Gasteiger partial charge < -0.3 is 10.2 Å². The summed E-state index contributed by atoms with van der Waals surface area (Å²) >= 11 is 0. The fraction of sp³-hybridized carbons (Fsp3) is 1.00. The average Bonchev–Trinajstić information content (AvgIpc) is 3.01. The highest BCUT2D eigenvalue weighted by atomic mass is 15.2. The molecule has 1 saturated heterocycles. The van der Waals surface area contributed by atoms with Crippen molar-refractivity contribution in [2.24, 2.45) is 11.3 Å². The van der Waals surface area contributed by atoms with Crippen LogP contribution in [0.25, 0.3) is 0 Å². The highest BCUT2D eigenvalue weighted by Crippen LogP contribution is 2.29. The number of hydrogen-bond donors (Lipinski definition) is 1. The van der Waals surface area contributed by atoms with E-state index in [1.54, 1.807) is 0 Å². The highest BCUT2D eigenvalue weighted by Gasteiger charge is 2.31. The minimum atomic E-state index is 0.446. The van der Waals surface area contributed by atoms with Crippen LogP contribution < -0.4 is 5.32 Å². The van der Waals surface area contributed by atoms with Gasteiger partial charge in [-0.3, -0.25) is 0 Å². The molecule has 1 aliphatic carbocycles. The van der Waals surface area contributed by atoms with E-state index in [2.05, 4.69) is 37.9 Å². The number of rotatable bonds is 5. The van der Waals surface area contributed by atoms with E-state index < -0.39 is 0 Å². The summed E-state index contributed by atoms with van der Waals surface area (Å²) < 4.78 is 0. The second kappa shape index (κ2) is 5.27. The molecule has 2 heteroatoms. The molecule has 0 radical (unpaired) electrons. The van der Waals surface area contributed by atoms with E-state index in [1.165, 1.54) is 45.3 Å². The Bertz CT molecular complexity index is 243. The normalized spacial score (nSPS) is 27.7. The summed E-state index contributed by atoms with van der Waals surface area (Å²) in [6, 6.07) is 1.62. The molecule has 0 aromatic carbocycles. The van der Waals surface area contributed by atoms with Crippen LogP contribution in [0.1, 0.15) is 53.4 Å². The Morgan fingerprint density at radius 3 is 2.47 bits per heavy atom. The van der Waals surface area contributed by atoms with Crippen LogP contribution in [-0.2, 0) is 0 Å². The Morgan fingerprint density at radius 1 is 1.18 bits per heavy atom. The third kappa shape index (κ3) is 3.96. The number of nitrogens with zero attached hydrogens (tertiary/aromatic N) is 1. The first-order valence-electron chi connectivity index (χ1n) is 7.46. The lowest BCUT2D eigenvalue weighted by Gasteiger charge is -2.40. The maximum absolute atomic E-state index is 3.80. The Hall–Kier alpha value is -0.0800. The minimum Gasteiger partial charge on any atom is -0.310 e. The summed E-state index contributed by atoms with van der Waals surface area (Å²) in [5.74, 6) is 0.763. The van der Waals surface area contributed by atoms with Crippen molar-refractivity contribution in [3.05, 3.63) is 0 Å². The molecular formula is C15H30N2. The Balaban J connectivity index is 1.79. The van der Waals surface area contributed by atoms with Crippen molar-refractivity contribution in [1.82, 2.24) is 10.2 Å². The van der Waals surface area contributed by atoms with Crippen molar-refractivity contribution in [2.45, 2.75) is 65.5 Å². The molecule has 1 N–H and O–H groups in total. The Kier molecular flexibility index (Phi) is 4.14. The van der Waals surface area contributed by atoms with Crippen LogP contribution >= 0.6 is 0 Å². The van der Waals surface area contributed by atoms with Gasteiger partial charge in [-0.1, -0.05) is 27.7 Å². The zero-order valence-electron chi connectivity index (χ0n) is 12.1. The molecule has 2 fully saturated rings. The molecule has 0 spiro atoms. The molecule has 0 bridgehead atoms. The van der Waals surface area contributed by atoms with E-state index in [-0.39, 0.29) is 0 Å². The van der Waals surface area contributed by atoms with Crippen molar-refractivity contribution in [3.63, 3.8) is 0 Å². The van der Waals surface area contributed by atoms with Crippen molar-refractivity contribution < 1.29 is 0 Å². The number of hydrogen-bond acceptors (Lipinski definition) is 2. The largest absolute Gasteiger partial charge is 0.310 e. The molecule has 100 valence electrons. The summed E-state index contributed by atoms with van der Waals surface area (Å²) in [6.07, 6.45) is 5.58. The summed E-state index contributed by atoms with van der Waals surface area (Å²) in [6.45, 7) is 13.4. The first kappa shape index (κ1) is 13.4. The lowest BCUT2D eigenvalue weighted by atomic mass is 9.80. The SMILES string of the molecule is CC(C)C(C)(C)CN1CCCC(NC2CC2)C1. The van der Waals surface area contributed by atoms with E-state index in [1.807, 2.05) is 0 Å². The van der Waals surface area contributed by atoms with Gasteiger partial charge >= 0.3 is 0 Å². The molecule has 0 aromatic heterocycles. The zero-order chi connectivity index (χ0) is 12.5. The average molecular weight is 238 g/mol. The third-order valence-corrected chi connectivity index (χ3v) is 4.75. The maximum atomic E-state index is 3.80. The van der Waals surface area contributed by atoms with Crippen molar-refractivity contribution >= 4 is 0 Å². The monoisotopic (exact) mass is 238 g/mol. The number of nitrogens with one attached hydrogen (secondary N) is 1. The summed E-state index contributed by atoms with van der Waals surface area (Å²) in [7, 11) is 0. The van der Waals surface area contributed by atoms with Gasteiger partial charge in [0.25, 0.3) is 0 Å². The van der Waals surface area contributed by atoms with Gasteiger partial charge in [0.15, 0.2) is 0 Å². The topological polar surface area (TPSA) is 15.3 Å². The molecule has 1 unspecified atom stereocenters. The zero-order valence-corrected chi connectivity index (χ0v) is 12.1. The quantitative estimate of drug-likeness (QED) is 0.792. The van der Waals surface area contributed by atoms with E-state index in [9.17, 15) is 0 Å². The minimum absolute atomic E-state index is 0.446. The second-order valence-corrected chi connectivity index (χ2v) is 7.16. The summed E-state index contributed by atoms with van der Waals surface area (Å²) in [5.41, 5.74) is 0.446. The van der Waals surface area contributed by atoms with E-state index in [0.717, 1.165) is 18.0 Å². The van der Waals surface area contributed by atoms with Gasteiger partial charge in [-0.2, -0.15) is 0 Å². The van der Waals surface area contributed by atoms with Gasteiger partial charge in [0.05, 0.1) is 0 Å². The standard InChI is InChI=1S/C15H30N2/c1-12(2)15(3,4)11-17-9-5-6-14(10-17)16-13-7-8-13/h12-14,16H,5-11H2,1-4H3. The van der Waals surface area contributed by atoms with Gasteiger partial charge in [-0.15, -0.1) is 0 Å². The molecule has 2 rings (SSSR count). The van der Waals surface area contributed by atoms with Crippen LogP contribution in [0.15, 0.2) is 0 Å². The van der Waals surface area contributed by atoms with Crippen LogP contribution in [0.4, 0.5) is 0 Å². The molecule has 1 atom stereocenters. The molecule has 17 heavy (non-hydrogen) atoms. The summed E-state index contributed by atoms with van der Waals surface area (Å²) in [4.78, 5) is 2.68. The van der Waals surface area contributed by atoms with Gasteiger partial charge in [-0.05, 0) is 43.6 Å². The van der Waals surface area contributed by atoms with Crippen molar-refractivity contribution in [3.8, 4) is 0 Å². The maximum Gasteiger partial charge on any atom is 0.0198 e. The fourth-order valence-electron chi connectivity index (χ4n) is 2.68. The third-order valence-electron chi connectivity index (χ3n) is 4.75. The van der Waals surface area contributed by atoms with Gasteiger partial charge in [0.1, 0.15) is 0 Å². The van der Waals surface area contributed by atoms with Crippen LogP contribution in [0.5, 0.6) is 0 Å². The second-order valence-electron chi connectivity index (χ2n) is 7.16. The summed E-state index contributed by atoms with van der Waals surface area (Å²) in [5, 5.41) is 3.80. The van der Waals surface area contributed by atoms with Crippen LogP contribution in [0.3, 0.4) is 0 Å². The molecule has 1 heterocycles. The first-order valence-corrected chi connectivity index (χ1v) is 7.46. The molecule has 2 aliphatic rings. The van der Waals surface area contributed by atoms with Crippen LogP contribution in [-0.4, -0.2) is 36.6 Å². The predicted octanol–water partition coefficient (Wildman–Crippen LogP) is 2.89. The molecule has 2 nitrogen and oxygen atoms in total. The van der Waals surface area contributed by atoms with Crippen molar-refractivity contribution in [2.75, 3.05) is 19.6 Å². The smallest absolute Gasteiger partial charge is 0.0198 e. The molecule has 1 aliphatic heterocycles. The number of piperidine rings is 1. The Labute approximate surface area is 107 Å². The van der Waals surface area contributed by atoms with Crippen molar-refractivity contribution in [1.29, 1.82) is 0 Å². The van der Waals surface area contributed by atoms with Gasteiger partial charge in [0.2, 0.25) is 0 Å². The molecule has 0 aromatic rings. The fourth-order valence-corrected chi connectivity index (χ4v) is 2.68. The van der Waals surface area contributed by atoms with E-state index in [0.29, 0.717) is 5.41 Å². The Morgan fingerprint density at radius 2 is 1.88 bits per heavy atom.